The smallest absolute Gasteiger partial charge is 0.0897 e. The van der Waals surface area contributed by atoms with Gasteiger partial charge in [0.1, 0.15) is 0 Å². The molecule has 0 bridgehead atoms. The maximum atomic E-state index is 9.55. The Balaban J connectivity index is 1.77. The predicted molar refractivity (Wildman–Crippen MR) is 61.9 cm³/mol. The molecule has 15 heavy (non-hydrogen) atoms. The van der Waals surface area contributed by atoms with Crippen LogP contribution in [0.15, 0.2) is 0 Å². The topological polar surface area (TPSA) is 41.5 Å². The number of unbranched alkanes of at least 4 members (excludes halogenated alkanes) is 2. The highest BCUT2D eigenvalue weighted by molar-refractivity contribution is 4.72. The molecule has 3 nitrogen and oxygen atoms in total. The van der Waals surface area contributed by atoms with Gasteiger partial charge in [0.25, 0.3) is 0 Å². The number of nitrogens with one attached hydrogen (secondary N) is 1. The third-order valence-corrected chi connectivity index (χ3v) is 2.70. The van der Waals surface area contributed by atoms with Crippen molar-refractivity contribution >= 4 is 0 Å². The summed E-state index contributed by atoms with van der Waals surface area (Å²) in [4.78, 5) is 0. The molecule has 0 aromatic heterocycles. The van der Waals surface area contributed by atoms with Gasteiger partial charge in [-0.05, 0) is 31.7 Å². The average molecular weight is 215 g/mol. The van der Waals surface area contributed by atoms with Crippen LogP contribution in [-0.2, 0) is 4.74 Å². The third kappa shape index (κ3) is 7.77. The maximum absolute atomic E-state index is 9.55. The summed E-state index contributed by atoms with van der Waals surface area (Å²) >= 11 is 0. The van der Waals surface area contributed by atoms with Crippen LogP contribution < -0.4 is 5.32 Å². The summed E-state index contributed by atoms with van der Waals surface area (Å²) in [5.41, 5.74) is 0. The summed E-state index contributed by atoms with van der Waals surface area (Å²) in [6.45, 7) is 5.19. The fourth-order valence-electron chi connectivity index (χ4n) is 1.48. The van der Waals surface area contributed by atoms with E-state index in [0.717, 1.165) is 19.1 Å². The van der Waals surface area contributed by atoms with Crippen LogP contribution >= 0.6 is 0 Å². The molecule has 0 aromatic carbocycles. The Morgan fingerprint density at radius 2 is 2.20 bits per heavy atom. The molecule has 1 rings (SSSR count). The molecule has 1 atom stereocenters. The predicted octanol–water partition coefficient (Wildman–Crippen LogP) is 1.55. The summed E-state index contributed by atoms with van der Waals surface area (Å²) < 4.78 is 5.41. The molecule has 0 saturated heterocycles. The van der Waals surface area contributed by atoms with E-state index < -0.39 is 0 Å². The summed E-state index contributed by atoms with van der Waals surface area (Å²) in [5, 5.41) is 12.8. The van der Waals surface area contributed by atoms with Gasteiger partial charge in [-0.3, -0.25) is 0 Å². The Bertz CT molecular complexity index is 149. The van der Waals surface area contributed by atoms with Crippen molar-refractivity contribution in [2.75, 3.05) is 26.3 Å². The fourth-order valence-corrected chi connectivity index (χ4v) is 1.48. The lowest BCUT2D eigenvalue weighted by molar-refractivity contribution is 0.0326. The van der Waals surface area contributed by atoms with Gasteiger partial charge in [-0.15, -0.1) is 0 Å². The first-order valence-corrected chi connectivity index (χ1v) is 6.29. The number of aliphatic hydroxyl groups excluding tert-OH is 1. The van der Waals surface area contributed by atoms with Crippen LogP contribution in [0.2, 0.25) is 0 Å². The zero-order valence-electron chi connectivity index (χ0n) is 9.87. The van der Waals surface area contributed by atoms with Crippen LogP contribution in [0, 0.1) is 5.92 Å². The van der Waals surface area contributed by atoms with E-state index in [1.54, 1.807) is 0 Å². The Morgan fingerprint density at radius 3 is 2.87 bits per heavy atom. The van der Waals surface area contributed by atoms with Crippen LogP contribution in [-0.4, -0.2) is 37.5 Å². The zero-order valence-corrected chi connectivity index (χ0v) is 9.87. The Morgan fingerprint density at radius 1 is 1.40 bits per heavy atom. The first-order valence-electron chi connectivity index (χ1n) is 6.29. The second-order valence-electron chi connectivity index (χ2n) is 4.55. The van der Waals surface area contributed by atoms with E-state index >= 15 is 0 Å². The molecule has 1 unspecified atom stereocenters. The summed E-state index contributed by atoms with van der Waals surface area (Å²) in [7, 11) is 0. The van der Waals surface area contributed by atoms with Gasteiger partial charge in [0.05, 0.1) is 12.7 Å². The van der Waals surface area contributed by atoms with E-state index in [1.807, 2.05) is 0 Å². The molecular formula is C12H25NO2. The van der Waals surface area contributed by atoms with Crippen LogP contribution in [0.3, 0.4) is 0 Å². The SMILES string of the molecule is CCCCCNCC(O)COCC1CC1. The van der Waals surface area contributed by atoms with Gasteiger partial charge in [-0.2, -0.15) is 0 Å². The molecule has 1 fully saturated rings. The molecule has 2 N–H and O–H groups in total. The van der Waals surface area contributed by atoms with Crippen molar-refractivity contribution in [2.24, 2.45) is 5.92 Å². The molecule has 0 spiro atoms. The lowest BCUT2D eigenvalue weighted by Crippen LogP contribution is -2.31. The standard InChI is InChI=1S/C12H25NO2/c1-2-3-4-7-13-8-12(14)10-15-9-11-5-6-11/h11-14H,2-10H2,1H3. The molecule has 0 aliphatic heterocycles. The first-order chi connectivity index (χ1) is 7.33. The van der Waals surface area contributed by atoms with Gasteiger partial charge in [-0.1, -0.05) is 19.8 Å². The van der Waals surface area contributed by atoms with Crippen molar-refractivity contribution in [3.05, 3.63) is 0 Å². The van der Waals surface area contributed by atoms with Crippen LogP contribution in [0.25, 0.3) is 0 Å². The van der Waals surface area contributed by atoms with Crippen molar-refractivity contribution < 1.29 is 9.84 Å². The van der Waals surface area contributed by atoms with E-state index in [1.165, 1.54) is 32.1 Å². The third-order valence-electron chi connectivity index (χ3n) is 2.70. The Kier molecular flexibility index (Phi) is 6.98. The summed E-state index contributed by atoms with van der Waals surface area (Å²) in [6, 6.07) is 0. The maximum Gasteiger partial charge on any atom is 0.0897 e. The Hall–Kier alpha value is -0.120. The number of aliphatic hydroxyl groups is 1. The van der Waals surface area contributed by atoms with E-state index in [-0.39, 0.29) is 6.10 Å². The number of ether oxygens (including phenoxy) is 1. The molecule has 1 aliphatic carbocycles. The van der Waals surface area contributed by atoms with Gasteiger partial charge in [0, 0.05) is 13.2 Å². The van der Waals surface area contributed by atoms with Crippen LogP contribution in [0.1, 0.15) is 39.0 Å². The summed E-state index contributed by atoms with van der Waals surface area (Å²) in [5.74, 6) is 0.787. The van der Waals surface area contributed by atoms with Gasteiger partial charge in [0.2, 0.25) is 0 Å². The van der Waals surface area contributed by atoms with Gasteiger partial charge in [0.15, 0.2) is 0 Å². The highest BCUT2D eigenvalue weighted by atomic mass is 16.5. The van der Waals surface area contributed by atoms with E-state index in [9.17, 15) is 5.11 Å². The molecule has 90 valence electrons. The van der Waals surface area contributed by atoms with Crippen molar-refractivity contribution in [3.63, 3.8) is 0 Å². The molecule has 3 heteroatoms. The van der Waals surface area contributed by atoms with Gasteiger partial charge >= 0.3 is 0 Å². The minimum Gasteiger partial charge on any atom is -0.389 e. The minimum atomic E-state index is -0.342. The van der Waals surface area contributed by atoms with Crippen molar-refractivity contribution in [1.29, 1.82) is 0 Å². The molecule has 1 saturated carbocycles. The number of hydrogen-bond donors (Lipinski definition) is 2. The second-order valence-corrected chi connectivity index (χ2v) is 4.55. The molecule has 1 aliphatic rings. The quantitative estimate of drug-likeness (QED) is 0.543. The average Bonchev–Trinajstić information content (AvgIpc) is 3.01. The zero-order chi connectivity index (χ0) is 10.9. The van der Waals surface area contributed by atoms with Crippen molar-refractivity contribution in [2.45, 2.75) is 45.1 Å². The minimum absolute atomic E-state index is 0.342. The molecule has 0 aromatic rings. The van der Waals surface area contributed by atoms with E-state index in [0.29, 0.717) is 13.2 Å². The first kappa shape index (κ1) is 12.9. The highest BCUT2D eigenvalue weighted by Crippen LogP contribution is 2.28. The van der Waals surface area contributed by atoms with Crippen molar-refractivity contribution in [3.8, 4) is 0 Å². The molecular weight excluding hydrogens is 190 g/mol. The van der Waals surface area contributed by atoms with E-state index in [4.69, 9.17) is 4.74 Å². The lowest BCUT2D eigenvalue weighted by Gasteiger charge is -2.12. The molecule has 0 amide bonds. The van der Waals surface area contributed by atoms with Gasteiger partial charge in [-0.25, -0.2) is 0 Å². The monoisotopic (exact) mass is 215 g/mol. The van der Waals surface area contributed by atoms with Gasteiger partial charge < -0.3 is 15.2 Å². The fraction of sp³-hybridized carbons (Fsp3) is 1.00. The normalized spacial score (nSPS) is 18.0. The largest absolute Gasteiger partial charge is 0.389 e. The second kappa shape index (κ2) is 8.08. The Labute approximate surface area is 93.2 Å². The van der Waals surface area contributed by atoms with Crippen LogP contribution in [0.5, 0.6) is 0 Å². The molecule has 0 heterocycles. The molecule has 0 radical (unpaired) electrons. The highest BCUT2D eigenvalue weighted by Gasteiger charge is 2.21. The van der Waals surface area contributed by atoms with Crippen LogP contribution in [0.4, 0.5) is 0 Å². The number of hydrogen-bond acceptors (Lipinski definition) is 3. The van der Waals surface area contributed by atoms with Crippen molar-refractivity contribution in [1.82, 2.24) is 5.32 Å². The lowest BCUT2D eigenvalue weighted by atomic mass is 10.2. The summed E-state index contributed by atoms with van der Waals surface area (Å²) in [6.07, 6.45) is 5.99. The number of rotatable bonds is 10. The van der Waals surface area contributed by atoms with E-state index in [2.05, 4.69) is 12.2 Å².